The molecule has 1 saturated carbocycles. The van der Waals surface area contributed by atoms with E-state index in [2.05, 4.69) is 17.7 Å². The van der Waals surface area contributed by atoms with E-state index in [1.165, 1.54) is 0 Å². The molecule has 4 fully saturated rings. The van der Waals surface area contributed by atoms with Gasteiger partial charge in [0.2, 0.25) is 10.0 Å². The van der Waals surface area contributed by atoms with Gasteiger partial charge < -0.3 is 33.9 Å². The number of ether oxygens (including phenoxy) is 5. The maximum absolute atomic E-state index is 14.6. The fourth-order valence-corrected chi connectivity index (χ4v) is 10.4. The van der Waals surface area contributed by atoms with Crippen molar-refractivity contribution in [3.63, 3.8) is 0 Å². The minimum absolute atomic E-state index is 0.00652. The van der Waals surface area contributed by atoms with Gasteiger partial charge in [-0.1, -0.05) is 69.2 Å². The summed E-state index contributed by atoms with van der Waals surface area (Å²) in [5, 5.41) is 23.5. The van der Waals surface area contributed by atoms with Gasteiger partial charge in [0, 0.05) is 30.9 Å². The van der Waals surface area contributed by atoms with Crippen LogP contribution in [0, 0.1) is 17.8 Å². The number of sulfonamides is 1. The van der Waals surface area contributed by atoms with E-state index in [0.29, 0.717) is 61.3 Å². The summed E-state index contributed by atoms with van der Waals surface area (Å²) in [5.41, 5.74) is 0.253. The zero-order valence-corrected chi connectivity index (χ0v) is 34.8. The van der Waals surface area contributed by atoms with E-state index in [1.807, 2.05) is 26.8 Å². The lowest BCUT2D eigenvalue weighted by atomic mass is 9.71. The van der Waals surface area contributed by atoms with Crippen molar-refractivity contribution in [3.05, 3.63) is 76.9 Å². The average molecular weight is 810 g/mol. The van der Waals surface area contributed by atoms with Gasteiger partial charge in [0.1, 0.15) is 35.9 Å². The first-order chi connectivity index (χ1) is 26.9. The number of esters is 2. The highest BCUT2D eigenvalue weighted by Gasteiger charge is 2.60. The molecule has 2 bridgehead atoms. The normalized spacial score (nSPS) is 40.7. The van der Waals surface area contributed by atoms with Crippen LogP contribution in [0.1, 0.15) is 98.0 Å². The van der Waals surface area contributed by atoms with Crippen LogP contribution in [0.5, 0.6) is 0 Å². The van der Waals surface area contributed by atoms with Gasteiger partial charge in [-0.25, -0.2) is 8.42 Å². The molecule has 4 heterocycles. The molecule has 11 atom stereocenters. The second-order valence-corrected chi connectivity index (χ2v) is 19.3. The van der Waals surface area contributed by atoms with Crippen LogP contribution in [0.15, 0.2) is 71.4 Å². The molecule has 3 N–H and O–H groups in total. The Kier molecular flexibility index (Phi) is 11.8. The Hall–Kier alpha value is -3.33. The third kappa shape index (κ3) is 8.30. The molecule has 0 amide bonds. The molecule has 0 unspecified atom stereocenters. The smallest absolute Gasteiger partial charge is 0.317 e. The summed E-state index contributed by atoms with van der Waals surface area (Å²) in [5.74, 6) is -2.98. The van der Waals surface area contributed by atoms with E-state index >= 15 is 0 Å². The standard InChI is InChI=1S/C44H59NO11S/c1-26-18-21-43(55-30(26)5)24-35-23-34(56-43)17-12-28(3)38(54-41(48)42(19-7-8-20-42)31-13-15-33(16-14-31)45-57(6,50)51)27(2)10-9-11-32-25-52-39-37(46)29(4)22-36(40(47)53-35)44(32,39)49/h9-16,22,26-27,30,34-39,45-46,49H,7-8,17-21,23-25H2,1-6H3/b10-9+,28-12+,32-11+/t26-,27-,30+,34+,35-,36-,37+,38+,39+,43-,44+/m0/s1. The lowest BCUT2D eigenvalue weighted by molar-refractivity contribution is -0.332. The van der Waals surface area contributed by atoms with E-state index in [9.17, 15) is 28.2 Å². The Balaban J connectivity index is 1.25. The molecule has 7 rings (SSSR count). The van der Waals surface area contributed by atoms with Crippen molar-refractivity contribution >= 4 is 27.6 Å². The molecule has 312 valence electrons. The fourth-order valence-electron chi connectivity index (χ4n) is 9.88. The molecular weight excluding hydrogens is 751 g/mol. The van der Waals surface area contributed by atoms with Crippen molar-refractivity contribution in [2.75, 3.05) is 17.6 Å². The summed E-state index contributed by atoms with van der Waals surface area (Å²) in [6.07, 6.45) is 12.0. The van der Waals surface area contributed by atoms with Gasteiger partial charge in [-0.2, -0.15) is 0 Å². The van der Waals surface area contributed by atoms with Crippen LogP contribution in [0.2, 0.25) is 0 Å². The maximum Gasteiger partial charge on any atom is 0.317 e. The van der Waals surface area contributed by atoms with Crippen LogP contribution in [-0.4, -0.2) is 91.4 Å². The van der Waals surface area contributed by atoms with E-state index in [4.69, 9.17) is 23.7 Å². The lowest BCUT2D eigenvalue weighted by Gasteiger charge is -2.49. The number of nitrogens with one attached hydrogen (secondary N) is 1. The summed E-state index contributed by atoms with van der Waals surface area (Å²) in [6, 6.07) is 6.97. The van der Waals surface area contributed by atoms with Crippen LogP contribution < -0.4 is 4.72 Å². The number of rotatable bonds is 5. The van der Waals surface area contributed by atoms with E-state index < -0.39 is 63.1 Å². The summed E-state index contributed by atoms with van der Waals surface area (Å²) in [6.45, 7) is 9.85. The molecule has 1 aromatic carbocycles. The molecule has 12 nitrogen and oxygen atoms in total. The van der Waals surface area contributed by atoms with Crippen LogP contribution in [0.4, 0.5) is 5.69 Å². The molecule has 2 aliphatic carbocycles. The molecule has 6 aliphatic rings. The fraction of sp³-hybridized carbons (Fsp3) is 0.636. The summed E-state index contributed by atoms with van der Waals surface area (Å²) < 4.78 is 58.5. The van der Waals surface area contributed by atoms with E-state index in [-0.39, 0.29) is 30.7 Å². The Bertz CT molecular complexity index is 1930. The number of hydrogen-bond acceptors (Lipinski definition) is 11. The molecule has 1 spiro atoms. The number of fused-ring (bicyclic) bond motifs is 2. The minimum Gasteiger partial charge on any atom is -0.462 e. The van der Waals surface area contributed by atoms with Crippen LogP contribution >= 0.6 is 0 Å². The second-order valence-electron chi connectivity index (χ2n) is 17.6. The third-order valence-corrected chi connectivity index (χ3v) is 14.0. The van der Waals surface area contributed by atoms with E-state index in [0.717, 1.165) is 36.7 Å². The van der Waals surface area contributed by atoms with Crippen molar-refractivity contribution in [3.8, 4) is 0 Å². The number of hydrogen-bond donors (Lipinski definition) is 3. The highest BCUT2D eigenvalue weighted by Crippen LogP contribution is 2.48. The average Bonchev–Trinajstić information content (AvgIpc) is 3.78. The SMILES string of the molecule is CC1=C[C@H]2C(=O)O[C@H]3C[C@@H](C/C=C(\C)[C@H](OC(=O)C4(c5ccc(NS(C)(=O)=O)cc5)CCCC4)[C@@H](C)/C=C/C=C4\CO[C@H]([C@@H]1O)[C@@]42O)O[C@@]1(CC[C@H](C)[C@@H](C)O1)C3. The molecule has 0 radical (unpaired) electrons. The topological polar surface area (TPSA) is 167 Å². The quantitative estimate of drug-likeness (QED) is 0.238. The number of benzene rings is 1. The molecular formula is C44H59NO11S. The Morgan fingerprint density at radius 3 is 2.40 bits per heavy atom. The van der Waals surface area contributed by atoms with Crippen molar-refractivity contribution in [2.45, 2.75) is 146 Å². The zero-order chi connectivity index (χ0) is 40.9. The lowest BCUT2D eigenvalue weighted by Crippen LogP contribution is -2.58. The van der Waals surface area contributed by atoms with Gasteiger partial charge >= 0.3 is 11.9 Å². The molecule has 0 aromatic heterocycles. The van der Waals surface area contributed by atoms with Gasteiger partial charge in [-0.3, -0.25) is 14.3 Å². The Labute approximate surface area is 336 Å². The Morgan fingerprint density at radius 2 is 1.72 bits per heavy atom. The van der Waals surface area contributed by atoms with Gasteiger partial charge in [-0.05, 0) is 86.8 Å². The number of carbonyl (C=O) groups is 2. The van der Waals surface area contributed by atoms with Crippen molar-refractivity contribution in [1.29, 1.82) is 0 Å². The largest absolute Gasteiger partial charge is 0.462 e. The first-order valence-electron chi connectivity index (χ1n) is 20.5. The number of carbonyl (C=O) groups excluding carboxylic acids is 2. The van der Waals surface area contributed by atoms with E-state index in [1.54, 1.807) is 49.4 Å². The molecule has 57 heavy (non-hydrogen) atoms. The predicted octanol–water partition coefficient (Wildman–Crippen LogP) is 5.94. The van der Waals surface area contributed by atoms with Crippen LogP contribution in [0.3, 0.4) is 0 Å². The number of allylic oxidation sites excluding steroid dienone is 2. The number of anilines is 1. The number of aliphatic hydroxyl groups is 2. The molecule has 3 saturated heterocycles. The monoisotopic (exact) mass is 809 g/mol. The van der Waals surface area contributed by atoms with Crippen molar-refractivity contribution in [2.24, 2.45) is 17.8 Å². The van der Waals surface area contributed by atoms with Gasteiger partial charge in [-0.15, -0.1) is 0 Å². The summed E-state index contributed by atoms with van der Waals surface area (Å²) in [4.78, 5) is 28.7. The molecule has 1 aromatic rings. The second kappa shape index (κ2) is 16.0. The number of aliphatic hydroxyl groups excluding tert-OH is 1. The molecule has 4 aliphatic heterocycles. The van der Waals surface area contributed by atoms with Crippen LogP contribution in [-0.2, 0) is 48.7 Å². The van der Waals surface area contributed by atoms with Gasteiger partial charge in [0.25, 0.3) is 0 Å². The van der Waals surface area contributed by atoms with Gasteiger partial charge in [0.05, 0.1) is 30.5 Å². The van der Waals surface area contributed by atoms with Crippen LogP contribution in [0.25, 0.3) is 0 Å². The highest BCUT2D eigenvalue weighted by atomic mass is 32.2. The summed E-state index contributed by atoms with van der Waals surface area (Å²) >= 11 is 0. The van der Waals surface area contributed by atoms with Crippen molar-refractivity contribution in [1.82, 2.24) is 0 Å². The molecule has 13 heteroatoms. The predicted molar refractivity (Wildman–Crippen MR) is 213 cm³/mol. The van der Waals surface area contributed by atoms with Gasteiger partial charge in [0.15, 0.2) is 5.79 Å². The Morgan fingerprint density at radius 1 is 1.00 bits per heavy atom. The summed E-state index contributed by atoms with van der Waals surface area (Å²) in [7, 11) is -3.47. The minimum atomic E-state index is -3.47. The third-order valence-electron chi connectivity index (χ3n) is 13.4. The first kappa shape index (κ1) is 41.8. The highest BCUT2D eigenvalue weighted by molar-refractivity contribution is 7.92. The van der Waals surface area contributed by atoms with Crippen molar-refractivity contribution < 1.29 is 51.9 Å². The first-order valence-corrected chi connectivity index (χ1v) is 22.4. The zero-order valence-electron chi connectivity index (χ0n) is 33.9. The maximum atomic E-state index is 14.6.